The van der Waals surface area contributed by atoms with Gasteiger partial charge in [-0.25, -0.2) is 0 Å². The molecule has 0 saturated carbocycles. The summed E-state index contributed by atoms with van der Waals surface area (Å²) in [5.41, 5.74) is 1.08. The molecule has 0 aliphatic heterocycles. The number of phenols is 1. The average molecular weight is 253 g/mol. The third-order valence-electron chi connectivity index (χ3n) is 2.63. The summed E-state index contributed by atoms with van der Waals surface area (Å²) in [6.45, 7) is 8.49. The van der Waals surface area contributed by atoms with E-state index in [1.165, 1.54) is 0 Å². The lowest BCUT2D eigenvalue weighted by atomic mass is 10.2. The molecule has 0 bridgehead atoms. The highest BCUT2D eigenvalue weighted by Crippen LogP contribution is 2.18. The van der Waals surface area contributed by atoms with Gasteiger partial charge in [-0.2, -0.15) is 0 Å². The van der Waals surface area contributed by atoms with Crippen molar-refractivity contribution in [2.45, 2.75) is 13.8 Å². The zero-order chi connectivity index (χ0) is 13.2. The molecule has 0 aliphatic rings. The summed E-state index contributed by atoms with van der Waals surface area (Å²) in [4.78, 5) is 2.20. The molecule has 0 unspecified atom stereocenters. The monoisotopic (exact) mass is 253 g/mol. The van der Waals surface area contributed by atoms with Crippen LogP contribution in [0.4, 0.5) is 5.69 Å². The van der Waals surface area contributed by atoms with Crippen molar-refractivity contribution in [2.24, 2.45) is 0 Å². The minimum atomic E-state index is 0.285. The highest BCUT2D eigenvalue weighted by molar-refractivity contribution is 5.48. The Balaban J connectivity index is 2.54. The topological polar surface area (TPSA) is 41.9 Å². The van der Waals surface area contributed by atoms with Crippen molar-refractivity contribution in [3.8, 4) is 5.75 Å². The minimum absolute atomic E-state index is 0.285. The summed E-state index contributed by atoms with van der Waals surface area (Å²) in [6, 6.07) is 7.22. The lowest BCUT2D eigenvalue weighted by molar-refractivity contribution is 0.141. The predicted octanol–water partition coefficient (Wildman–Crippen LogP) is 2.27. The zero-order valence-electron chi connectivity index (χ0n) is 11.3. The van der Waals surface area contributed by atoms with E-state index in [2.05, 4.69) is 4.90 Å². The Labute approximate surface area is 109 Å². The van der Waals surface area contributed by atoms with Crippen LogP contribution in [0.1, 0.15) is 13.8 Å². The summed E-state index contributed by atoms with van der Waals surface area (Å²) in [5.74, 6) is 0.285. The van der Waals surface area contributed by atoms with Crippen LogP contribution in [0.15, 0.2) is 24.3 Å². The van der Waals surface area contributed by atoms with Crippen LogP contribution < -0.4 is 4.90 Å². The molecule has 0 atom stereocenters. The van der Waals surface area contributed by atoms with Crippen molar-refractivity contribution in [1.29, 1.82) is 0 Å². The highest BCUT2D eigenvalue weighted by Gasteiger charge is 2.06. The third kappa shape index (κ3) is 5.38. The maximum absolute atomic E-state index is 9.30. The van der Waals surface area contributed by atoms with Gasteiger partial charge in [0.25, 0.3) is 0 Å². The van der Waals surface area contributed by atoms with Crippen molar-refractivity contribution < 1.29 is 14.6 Å². The number of hydrogen-bond acceptors (Lipinski definition) is 4. The van der Waals surface area contributed by atoms with Crippen molar-refractivity contribution in [2.75, 3.05) is 44.4 Å². The van der Waals surface area contributed by atoms with Gasteiger partial charge in [0.1, 0.15) is 5.75 Å². The summed E-state index contributed by atoms with van der Waals surface area (Å²) < 4.78 is 10.8. The second-order valence-electron chi connectivity index (χ2n) is 3.90. The van der Waals surface area contributed by atoms with Gasteiger partial charge < -0.3 is 19.5 Å². The first-order valence-electron chi connectivity index (χ1n) is 6.47. The molecule has 0 spiro atoms. The van der Waals surface area contributed by atoms with Gasteiger partial charge in [-0.15, -0.1) is 0 Å². The summed E-state index contributed by atoms with van der Waals surface area (Å²) >= 11 is 0. The van der Waals surface area contributed by atoms with Gasteiger partial charge in [-0.05, 0) is 38.1 Å². The average Bonchev–Trinajstić information content (AvgIpc) is 2.38. The fourth-order valence-electron chi connectivity index (χ4n) is 1.67. The first-order valence-corrected chi connectivity index (χ1v) is 6.47. The van der Waals surface area contributed by atoms with Crippen LogP contribution >= 0.6 is 0 Å². The number of ether oxygens (including phenoxy) is 2. The second kappa shape index (κ2) is 8.78. The molecule has 102 valence electrons. The largest absolute Gasteiger partial charge is 0.508 e. The highest BCUT2D eigenvalue weighted by atomic mass is 16.5. The van der Waals surface area contributed by atoms with Gasteiger partial charge in [0, 0.05) is 32.0 Å². The van der Waals surface area contributed by atoms with Gasteiger partial charge >= 0.3 is 0 Å². The lowest BCUT2D eigenvalue weighted by Crippen LogP contribution is -2.31. The van der Waals surface area contributed by atoms with Crippen LogP contribution in [0, 0.1) is 0 Å². The molecule has 1 aromatic carbocycles. The van der Waals surface area contributed by atoms with Gasteiger partial charge in [0.2, 0.25) is 0 Å². The molecular weight excluding hydrogens is 230 g/mol. The molecule has 0 heterocycles. The summed E-state index contributed by atoms with van der Waals surface area (Å²) in [7, 11) is 0. The smallest absolute Gasteiger partial charge is 0.115 e. The van der Waals surface area contributed by atoms with Crippen molar-refractivity contribution >= 4 is 5.69 Å². The number of phenolic OH excluding ortho intramolecular Hbond substituents is 1. The van der Waals surface area contributed by atoms with Crippen LogP contribution in [0.25, 0.3) is 0 Å². The number of anilines is 1. The fraction of sp³-hybridized carbons (Fsp3) is 0.571. The Bertz CT molecular complexity index is 303. The molecular formula is C14H23NO3. The Hall–Kier alpha value is -1.26. The van der Waals surface area contributed by atoms with Crippen molar-refractivity contribution in [1.82, 2.24) is 0 Å². The molecule has 4 nitrogen and oxygen atoms in total. The normalized spacial score (nSPS) is 10.6. The number of rotatable bonds is 9. The molecule has 1 aromatic rings. The first-order chi connectivity index (χ1) is 8.77. The fourth-order valence-corrected chi connectivity index (χ4v) is 1.67. The Kier molecular flexibility index (Phi) is 7.22. The van der Waals surface area contributed by atoms with E-state index in [-0.39, 0.29) is 5.75 Å². The van der Waals surface area contributed by atoms with Crippen molar-refractivity contribution in [3.63, 3.8) is 0 Å². The molecule has 18 heavy (non-hydrogen) atoms. The molecule has 0 aliphatic carbocycles. The quantitative estimate of drug-likeness (QED) is 0.686. The van der Waals surface area contributed by atoms with Gasteiger partial charge in [0.15, 0.2) is 0 Å². The Morgan fingerprint density at radius 1 is 0.944 bits per heavy atom. The Morgan fingerprint density at radius 2 is 1.44 bits per heavy atom. The molecule has 0 saturated heterocycles. The Morgan fingerprint density at radius 3 is 1.89 bits per heavy atom. The van der Waals surface area contributed by atoms with E-state index in [1.807, 2.05) is 26.0 Å². The van der Waals surface area contributed by atoms with E-state index < -0.39 is 0 Å². The van der Waals surface area contributed by atoms with Crippen LogP contribution in [0.5, 0.6) is 5.75 Å². The first kappa shape index (κ1) is 14.8. The van der Waals surface area contributed by atoms with E-state index in [0.717, 1.165) is 32.0 Å². The second-order valence-corrected chi connectivity index (χ2v) is 3.90. The van der Waals surface area contributed by atoms with E-state index in [9.17, 15) is 5.11 Å². The van der Waals surface area contributed by atoms with Gasteiger partial charge in [-0.1, -0.05) is 0 Å². The molecule has 0 amide bonds. The lowest BCUT2D eigenvalue weighted by Gasteiger charge is -2.24. The number of aromatic hydroxyl groups is 1. The summed E-state index contributed by atoms with van der Waals surface area (Å²) in [6.07, 6.45) is 0. The maximum Gasteiger partial charge on any atom is 0.115 e. The predicted molar refractivity (Wildman–Crippen MR) is 73.3 cm³/mol. The molecule has 0 fully saturated rings. The number of benzene rings is 1. The van der Waals surface area contributed by atoms with E-state index in [0.29, 0.717) is 13.2 Å². The van der Waals surface area contributed by atoms with E-state index >= 15 is 0 Å². The molecule has 1 N–H and O–H groups in total. The molecule has 4 heteroatoms. The van der Waals surface area contributed by atoms with Gasteiger partial charge in [0.05, 0.1) is 13.2 Å². The molecule has 0 aromatic heterocycles. The number of hydrogen-bond donors (Lipinski definition) is 1. The van der Waals surface area contributed by atoms with E-state index in [1.54, 1.807) is 12.1 Å². The minimum Gasteiger partial charge on any atom is -0.508 e. The third-order valence-corrected chi connectivity index (χ3v) is 2.63. The van der Waals surface area contributed by atoms with Crippen LogP contribution in [-0.2, 0) is 9.47 Å². The molecule has 0 radical (unpaired) electrons. The van der Waals surface area contributed by atoms with Crippen molar-refractivity contribution in [3.05, 3.63) is 24.3 Å². The van der Waals surface area contributed by atoms with Crippen LogP contribution in [-0.4, -0.2) is 44.6 Å². The molecule has 1 rings (SSSR count). The zero-order valence-corrected chi connectivity index (χ0v) is 11.3. The maximum atomic E-state index is 9.30. The standard InChI is InChI=1S/C14H23NO3/c1-3-17-11-9-15(10-12-18-4-2)13-5-7-14(16)8-6-13/h5-8,16H,3-4,9-12H2,1-2H3. The van der Waals surface area contributed by atoms with Gasteiger partial charge in [-0.3, -0.25) is 0 Å². The SMILES string of the molecule is CCOCCN(CCOCC)c1ccc(O)cc1. The van der Waals surface area contributed by atoms with Crippen LogP contribution in [0.3, 0.4) is 0 Å². The summed E-state index contributed by atoms with van der Waals surface area (Å²) in [5, 5.41) is 9.30. The van der Waals surface area contributed by atoms with Crippen LogP contribution in [0.2, 0.25) is 0 Å². The number of nitrogens with zero attached hydrogens (tertiary/aromatic N) is 1. The van der Waals surface area contributed by atoms with E-state index in [4.69, 9.17) is 9.47 Å².